The molecular formula is C11H15N3O4S. The quantitative estimate of drug-likeness (QED) is 0.735. The van der Waals surface area contributed by atoms with Gasteiger partial charge in [-0.15, -0.1) is 11.3 Å². The first kappa shape index (κ1) is 13.8. The molecule has 0 spiro atoms. The number of thiazole rings is 1. The van der Waals surface area contributed by atoms with E-state index in [2.05, 4.69) is 10.3 Å². The van der Waals surface area contributed by atoms with E-state index in [1.54, 1.807) is 0 Å². The van der Waals surface area contributed by atoms with Crippen molar-refractivity contribution in [3.63, 3.8) is 0 Å². The number of carbonyl (C=O) groups is 2. The number of aliphatic hydroxyl groups excluding tert-OH is 1. The normalized spacial score (nSPS) is 22.5. The van der Waals surface area contributed by atoms with Gasteiger partial charge in [0.15, 0.2) is 0 Å². The van der Waals surface area contributed by atoms with Crippen molar-refractivity contribution in [2.45, 2.75) is 32.0 Å². The predicted molar refractivity (Wildman–Crippen MR) is 67.8 cm³/mol. The number of carboxylic acids is 1. The Hall–Kier alpha value is -1.67. The molecule has 19 heavy (non-hydrogen) atoms. The molecule has 2 rings (SSSR count). The lowest BCUT2D eigenvalue weighted by Gasteiger charge is -2.21. The summed E-state index contributed by atoms with van der Waals surface area (Å²) < 4.78 is 0. The Balaban J connectivity index is 1.93. The van der Waals surface area contributed by atoms with Crippen molar-refractivity contribution >= 4 is 23.3 Å². The first-order valence-corrected chi connectivity index (χ1v) is 6.71. The van der Waals surface area contributed by atoms with E-state index in [4.69, 9.17) is 5.11 Å². The zero-order valence-corrected chi connectivity index (χ0v) is 11.2. The number of amides is 2. The summed E-state index contributed by atoms with van der Waals surface area (Å²) in [4.78, 5) is 28.2. The SMILES string of the molecule is Cc1csc(CNC(=O)N2CC(O)CC2C(=O)O)n1. The summed E-state index contributed by atoms with van der Waals surface area (Å²) in [6, 6.07) is -1.45. The fraction of sp³-hybridized carbons (Fsp3) is 0.545. The second kappa shape index (κ2) is 5.54. The van der Waals surface area contributed by atoms with E-state index in [1.165, 1.54) is 11.3 Å². The molecule has 1 aromatic rings. The number of aliphatic hydroxyl groups is 1. The Bertz CT molecular complexity index is 490. The highest BCUT2D eigenvalue weighted by Gasteiger charge is 2.38. The number of aliphatic carboxylic acids is 1. The van der Waals surface area contributed by atoms with Crippen molar-refractivity contribution < 1.29 is 19.8 Å². The molecular weight excluding hydrogens is 270 g/mol. The van der Waals surface area contributed by atoms with Crippen LogP contribution in [0, 0.1) is 6.92 Å². The van der Waals surface area contributed by atoms with Gasteiger partial charge in [0.25, 0.3) is 0 Å². The number of carbonyl (C=O) groups excluding carboxylic acids is 1. The molecule has 0 aromatic carbocycles. The molecule has 0 saturated carbocycles. The average Bonchev–Trinajstić information content (AvgIpc) is 2.92. The Morgan fingerprint density at radius 3 is 2.95 bits per heavy atom. The van der Waals surface area contributed by atoms with Gasteiger partial charge in [0, 0.05) is 24.0 Å². The minimum Gasteiger partial charge on any atom is -0.480 e. The molecule has 0 bridgehead atoms. The minimum atomic E-state index is -1.10. The Morgan fingerprint density at radius 2 is 2.37 bits per heavy atom. The molecule has 2 atom stereocenters. The molecule has 0 aliphatic carbocycles. The van der Waals surface area contributed by atoms with Crippen molar-refractivity contribution in [1.82, 2.24) is 15.2 Å². The number of β-amino-alcohol motifs (C(OH)–C–C–N with tert-alkyl or cyclic N) is 1. The van der Waals surface area contributed by atoms with Gasteiger partial charge in [-0.3, -0.25) is 0 Å². The van der Waals surface area contributed by atoms with Crippen molar-refractivity contribution in [3.05, 3.63) is 16.1 Å². The van der Waals surface area contributed by atoms with Crippen LogP contribution in [0.25, 0.3) is 0 Å². The number of hydrogen-bond acceptors (Lipinski definition) is 5. The van der Waals surface area contributed by atoms with Crippen molar-refractivity contribution in [3.8, 4) is 0 Å². The van der Waals surface area contributed by atoms with E-state index in [0.29, 0.717) is 0 Å². The maximum Gasteiger partial charge on any atom is 0.326 e. The Kier molecular flexibility index (Phi) is 4.01. The van der Waals surface area contributed by atoms with Crippen LogP contribution in [0.2, 0.25) is 0 Å². The van der Waals surface area contributed by atoms with Gasteiger partial charge in [0.1, 0.15) is 11.0 Å². The number of nitrogens with one attached hydrogen (secondary N) is 1. The zero-order valence-electron chi connectivity index (χ0n) is 10.4. The van der Waals surface area contributed by atoms with Crippen molar-refractivity contribution in [2.24, 2.45) is 0 Å². The molecule has 0 radical (unpaired) electrons. The lowest BCUT2D eigenvalue weighted by atomic mass is 10.2. The van der Waals surface area contributed by atoms with Gasteiger partial charge in [-0.05, 0) is 6.92 Å². The third-order valence-corrected chi connectivity index (χ3v) is 3.85. The third-order valence-electron chi connectivity index (χ3n) is 2.88. The van der Waals surface area contributed by atoms with Crippen LogP contribution in [0.5, 0.6) is 0 Å². The van der Waals surface area contributed by atoms with Crippen LogP contribution in [0.4, 0.5) is 4.79 Å². The molecule has 1 fully saturated rings. The summed E-state index contributed by atoms with van der Waals surface area (Å²) in [7, 11) is 0. The highest BCUT2D eigenvalue weighted by atomic mass is 32.1. The van der Waals surface area contributed by atoms with Gasteiger partial charge in [0.2, 0.25) is 0 Å². The summed E-state index contributed by atoms with van der Waals surface area (Å²) in [5, 5.41) is 23.7. The predicted octanol–water partition coefficient (Wildman–Crippen LogP) is 0.181. The van der Waals surface area contributed by atoms with E-state index >= 15 is 0 Å². The summed E-state index contributed by atoms with van der Waals surface area (Å²) in [5.74, 6) is -1.10. The maximum absolute atomic E-state index is 11.9. The first-order valence-electron chi connectivity index (χ1n) is 5.83. The first-order chi connectivity index (χ1) is 8.97. The van der Waals surface area contributed by atoms with E-state index < -0.39 is 24.1 Å². The second-order valence-corrected chi connectivity index (χ2v) is 5.38. The lowest BCUT2D eigenvalue weighted by Crippen LogP contribution is -2.45. The third kappa shape index (κ3) is 3.21. The summed E-state index contributed by atoms with van der Waals surface area (Å²) >= 11 is 1.43. The minimum absolute atomic E-state index is 0.0414. The molecule has 2 amide bonds. The number of hydrogen-bond donors (Lipinski definition) is 3. The number of rotatable bonds is 3. The van der Waals surface area contributed by atoms with Crippen LogP contribution < -0.4 is 5.32 Å². The van der Waals surface area contributed by atoms with Crippen LogP contribution in [-0.4, -0.2) is 50.8 Å². The maximum atomic E-state index is 11.9. The number of nitrogens with zero attached hydrogens (tertiary/aromatic N) is 2. The number of aromatic nitrogens is 1. The van der Waals surface area contributed by atoms with E-state index in [0.717, 1.165) is 15.6 Å². The van der Waals surface area contributed by atoms with Crippen LogP contribution in [0.15, 0.2) is 5.38 Å². The standard InChI is InChI=1S/C11H15N3O4S/c1-6-5-19-9(13-6)3-12-11(18)14-4-7(15)2-8(14)10(16)17/h5,7-8,15H,2-4H2,1H3,(H,12,18)(H,16,17). The van der Waals surface area contributed by atoms with E-state index in [-0.39, 0.29) is 19.5 Å². The molecule has 8 heteroatoms. The summed E-state index contributed by atoms with van der Waals surface area (Å²) in [6.45, 7) is 2.16. The highest BCUT2D eigenvalue weighted by molar-refractivity contribution is 7.09. The lowest BCUT2D eigenvalue weighted by molar-refractivity contribution is -0.141. The zero-order chi connectivity index (χ0) is 14.0. The Morgan fingerprint density at radius 1 is 1.63 bits per heavy atom. The number of likely N-dealkylation sites (tertiary alicyclic amines) is 1. The molecule has 2 heterocycles. The van der Waals surface area contributed by atoms with Gasteiger partial charge in [-0.1, -0.05) is 0 Å². The van der Waals surface area contributed by atoms with Crippen LogP contribution >= 0.6 is 11.3 Å². The Labute approximate surface area is 113 Å². The van der Waals surface area contributed by atoms with Crippen LogP contribution in [0.1, 0.15) is 17.1 Å². The topological polar surface area (TPSA) is 103 Å². The molecule has 1 saturated heterocycles. The van der Waals surface area contributed by atoms with Gasteiger partial charge < -0.3 is 20.4 Å². The average molecular weight is 285 g/mol. The van der Waals surface area contributed by atoms with Crippen molar-refractivity contribution in [2.75, 3.05) is 6.54 Å². The highest BCUT2D eigenvalue weighted by Crippen LogP contribution is 2.18. The van der Waals surface area contributed by atoms with Gasteiger partial charge in [0.05, 0.1) is 12.6 Å². The summed E-state index contributed by atoms with van der Waals surface area (Å²) in [5.41, 5.74) is 0.884. The largest absolute Gasteiger partial charge is 0.480 e. The van der Waals surface area contributed by atoms with E-state index in [9.17, 15) is 14.7 Å². The summed E-state index contributed by atoms with van der Waals surface area (Å²) in [6.07, 6.45) is -0.715. The molecule has 1 aliphatic heterocycles. The number of aryl methyl sites for hydroxylation is 1. The monoisotopic (exact) mass is 285 g/mol. The van der Waals surface area contributed by atoms with E-state index in [1.807, 2.05) is 12.3 Å². The molecule has 1 aromatic heterocycles. The van der Waals surface area contributed by atoms with Gasteiger partial charge in [-0.2, -0.15) is 0 Å². The molecule has 104 valence electrons. The molecule has 3 N–H and O–H groups in total. The molecule has 7 nitrogen and oxygen atoms in total. The molecule has 2 unspecified atom stereocenters. The fourth-order valence-corrected chi connectivity index (χ4v) is 2.72. The van der Waals surface area contributed by atoms with Crippen molar-refractivity contribution in [1.29, 1.82) is 0 Å². The molecule has 1 aliphatic rings. The van der Waals surface area contributed by atoms with Gasteiger partial charge in [-0.25, -0.2) is 14.6 Å². The number of urea groups is 1. The fourth-order valence-electron chi connectivity index (χ4n) is 2.01. The van der Waals surface area contributed by atoms with Gasteiger partial charge >= 0.3 is 12.0 Å². The van der Waals surface area contributed by atoms with Crippen LogP contribution in [0.3, 0.4) is 0 Å². The van der Waals surface area contributed by atoms with Crippen LogP contribution in [-0.2, 0) is 11.3 Å². The number of carboxylic acid groups (broad SMARTS) is 1. The smallest absolute Gasteiger partial charge is 0.326 e. The second-order valence-electron chi connectivity index (χ2n) is 4.44.